The van der Waals surface area contributed by atoms with Gasteiger partial charge in [0.15, 0.2) is 0 Å². The zero-order chi connectivity index (χ0) is 26.6. The molecule has 0 radical (unpaired) electrons. The minimum Gasteiger partial charge on any atom is -0.497 e. The van der Waals surface area contributed by atoms with Crippen LogP contribution in [0.3, 0.4) is 0 Å². The molecule has 38 heavy (non-hydrogen) atoms. The second-order valence-corrected chi connectivity index (χ2v) is 9.36. The van der Waals surface area contributed by atoms with Crippen molar-refractivity contribution in [2.75, 3.05) is 14.2 Å². The highest BCUT2D eigenvalue weighted by Gasteiger charge is 2.38. The van der Waals surface area contributed by atoms with Crippen molar-refractivity contribution in [3.63, 3.8) is 0 Å². The van der Waals surface area contributed by atoms with Crippen molar-refractivity contribution in [3.8, 4) is 17.2 Å². The lowest BCUT2D eigenvalue weighted by Crippen LogP contribution is -2.36. The van der Waals surface area contributed by atoms with Crippen LogP contribution in [0.25, 0.3) is 11.8 Å². The summed E-state index contributed by atoms with van der Waals surface area (Å²) in [5.74, 6) is 1.11. The number of halogens is 1. The number of carbonyl (C=O) groups is 1. The molecule has 4 aromatic rings. The number of aryl methyl sites for hydroxylation is 1. The number of imidazole rings is 1. The summed E-state index contributed by atoms with van der Waals surface area (Å²) in [4.78, 5) is 19.5. The molecule has 0 aliphatic heterocycles. The molecule has 1 aliphatic carbocycles. The lowest BCUT2D eigenvalue weighted by Gasteiger charge is -2.30. The molecular formula is C31H30FN3O3. The Morgan fingerprint density at radius 2 is 1.89 bits per heavy atom. The Bertz CT molecular complexity index is 1460. The first kappa shape index (κ1) is 25.3. The summed E-state index contributed by atoms with van der Waals surface area (Å²) < 4.78 is 28.2. The number of nitrogens with zero attached hydrogens (tertiary/aromatic N) is 3. The van der Waals surface area contributed by atoms with E-state index in [0.717, 1.165) is 39.4 Å². The highest BCUT2D eigenvalue weighted by molar-refractivity contribution is 5.92. The summed E-state index contributed by atoms with van der Waals surface area (Å²) in [7, 11) is 3.22. The third kappa shape index (κ3) is 5.18. The van der Waals surface area contributed by atoms with Crippen LogP contribution in [0.4, 0.5) is 4.39 Å². The van der Waals surface area contributed by atoms with Gasteiger partial charge in [-0.1, -0.05) is 42.5 Å². The molecule has 3 aromatic carbocycles. The zero-order valence-corrected chi connectivity index (χ0v) is 21.7. The molecule has 0 fully saturated rings. The number of rotatable bonds is 8. The van der Waals surface area contributed by atoms with Crippen LogP contribution in [0, 0.1) is 6.92 Å². The molecule has 1 heterocycles. The average molecular weight is 512 g/mol. The number of benzene rings is 3. The number of amides is 1. The fourth-order valence-corrected chi connectivity index (χ4v) is 4.96. The first-order valence-electron chi connectivity index (χ1n) is 12.5. The number of carbonyl (C=O) groups excluding carboxylic acids is 1. The van der Waals surface area contributed by atoms with Gasteiger partial charge in [0, 0.05) is 25.2 Å². The van der Waals surface area contributed by atoms with E-state index in [4.69, 9.17) is 9.47 Å². The van der Waals surface area contributed by atoms with Crippen LogP contribution >= 0.6 is 0 Å². The molecule has 0 N–H and O–H groups in total. The summed E-state index contributed by atoms with van der Waals surface area (Å²) in [5, 5.41) is 0. The van der Waals surface area contributed by atoms with Gasteiger partial charge >= 0.3 is 0 Å². The summed E-state index contributed by atoms with van der Waals surface area (Å²) >= 11 is 0. The van der Waals surface area contributed by atoms with Gasteiger partial charge in [-0.25, -0.2) is 9.37 Å². The minimum absolute atomic E-state index is 0.265. The SMILES string of the molecule is COc1ccc(CN(C(=O)C=Cc2ccc(-n3cnc(C)c3)c(OC)c2)C2c3ccccc3C[C@@H]2F)cc1. The van der Waals surface area contributed by atoms with Crippen LogP contribution in [0.2, 0.25) is 0 Å². The normalized spacial score (nSPS) is 16.4. The molecule has 2 atom stereocenters. The van der Waals surface area contributed by atoms with E-state index in [1.165, 1.54) is 6.08 Å². The number of fused-ring (bicyclic) bond motifs is 1. The minimum atomic E-state index is -1.18. The second-order valence-electron chi connectivity index (χ2n) is 9.36. The van der Waals surface area contributed by atoms with Gasteiger partial charge in [0.05, 0.1) is 38.0 Å². The predicted octanol–water partition coefficient (Wildman–Crippen LogP) is 5.88. The van der Waals surface area contributed by atoms with Gasteiger partial charge in [-0.15, -0.1) is 0 Å². The van der Waals surface area contributed by atoms with E-state index in [0.29, 0.717) is 12.2 Å². The molecule has 1 amide bonds. The number of hydrogen-bond donors (Lipinski definition) is 0. The molecule has 5 rings (SSSR count). The number of ether oxygens (including phenoxy) is 2. The first-order valence-corrected chi connectivity index (χ1v) is 12.5. The Morgan fingerprint density at radius 1 is 1.11 bits per heavy atom. The van der Waals surface area contributed by atoms with Gasteiger partial charge in [-0.05, 0) is 59.5 Å². The van der Waals surface area contributed by atoms with Gasteiger partial charge in [-0.2, -0.15) is 0 Å². The molecule has 1 aliphatic rings. The average Bonchev–Trinajstić information content (AvgIpc) is 3.52. The van der Waals surface area contributed by atoms with E-state index in [1.807, 2.05) is 84.4 Å². The third-order valence-electron chi connectivity index (χ3n) is 6.87. The maximum Gasteiger partial charge on any atom is 0.247 e. The molecule has 0 spiro atoms. The van der Waals surface area contributed by atoms with Gasteiger partial charge in [-0.3, -0.25) is 4.79 Å². The summed E-state index contributed by atoms with van der Waals surface area (Å²) in [6.45, 7) is 2.20. The molecule has 194 valence electrons. The van der Waals surface area contributed by atoms with E-state index in [9.17, 15) is 4.79 Å². The molecule has 6 nitrogen and oxygen atoms in total. The Balaban J connectivity index is 1.44. The smallest absolute Gasteiger partial charge is 0.247 e. The second kappa shape index (κ2) is 10.9. The number of methoxy groups -OCH3 is 2. The zero-order valence-electron chi connectivity index (χ0n) is 21.7. The van der Waals surface area contributed by atoms with E-state index in [1.54, 1.807) is 31.5 Å². The Hall–Kier alpha value is -4.39. The lowest BCUT2D eigenvalue weighted by molar-refractivity contribution is -0.130. The van der Waals surface area contributed by atoms with Crippen LogP contribution in [-0.2, 0) is 17.8 Å². The van der Waals surface area contributed by atoms with Crippen molar-refractivity contribution in [1.29, 1.82) is 0 Å². The van der Waals surface area contributed by atoms with Crippen molar-refractivity contribution in [2.45, 2.75) is 32.1 Å². The van der Waals surface area contributed by atoms with Gasteiger partial charge in [0.25, 0.3) is 0 Å². The predicted molar refractivity (Wildman–Crippen MR) is 145 cm³/mol. The molecule has 0 saturated heterocycles. The summed E-state index contributed by atoms with van der Waals surface area (Å²) in [6, 6.07) is 20.2. The Kier molecular flexibility index (Phi) is 7.26. The van der Waals surface area contributed by atoms with Crippen LogP contribution in [-0.4, -0.2) is 40.7 Å². The Labute approximate surface area is 222 Å². The van der Waals surface area contributed by atoms with Crippen molar-refractivity contribution >= 4 is 12.0 Å². The lowest BCUT2D eigenvalue weighted by atomic mass is 10.0. The van der Waals surface area contributed by atoms with Crippen LogP contribution < -0.4 is 9.47 Å². The van der Waals surface area contributed by atoms with Crippen molar-refractivity contribution in [3.05, 3.63) is 113 Å². The maximum absolute atomic E-state index is 15.4. The fourth-order valence-electron chi connectivity index (χ4n) is 4.96. The topological polar surface area (TPSA) is 56.6 Å². The van der Waals surface area contributed by atoms with E-state index < -0.39 is 12.2 Å². The molecule has 0 saturated carbocycles. The number of hydrogen-bond acceptors (Lipinski definition) is 4. The molecule has 1 unspecified atom stereocenters. The van der Waals surface area contributed by atoms with Crippen LogP contribution in [0.1, 0.15) is 34.0 Å². The van der Waals surface area contributed by atoms with Gasteiger partial charge in [0.2, 0.25) is 5.91 Å². The Morgan fingerprint density at radius 3 is 2.61 bits per heavy atom. The molecule has 0 bridgehead atoms. The monoisotopic (exact) mass is 511 g/mol. The van der Waals surface area contributed by atoms with Crippen LogP contribution in [0.15, 0.2) is 85.3 Å². The van der Waals surface area contributed by atoms with Gasteiger partial charge < -0.3 is 18.9 Å². The maximum atomic E-state index is 15.4. The standard InChI is InChI=1S/C31H30FN3O3/c1-21-18-34(20-33-21)28-14-10-22(16-29(28)38-3)11-15-30(36)35(19-23-8-12-25(37-2)13-9-23)31-26-7-5-4-6-24(26)17-27(31)32/h4-16,18,20,27,31H,17,19H2,1-3H3/t27-,31?/m0/s1. The van der Waals surface area contributed by atoms with E-state index in [-0.39, 0.29) is 12.5 Å². The number of aromatic nitrogens is 2. The molecule has 1 aromatic heterocycles. The summed E-state index contributed by atoms with van der Waals surface area (Å²) in [5.41, 5.74) is 5.24. The van der Waals surface area contributed by atoms with E-state index in [2.05, 4.69) is 4.98 Å². The van der Waals surface area contributed by atoms with Crippen molar-refractivity contribution in [2.24, 2.45) is 0 Å². The van der Waals surface area contributed by atoms with E-state index >= 15 is 4.39 Å². The highest BCUT2D eigenvalue weighted by atomic mass is 19.1. The van der Waals surface area contributed by atoms with Crippen LogP contribution in [0.5, 0.6) is 11.5 Å². The van der Waals surface area contributed by atoms with Gasteiger partial charge in [0.1, 0.15) is 17.7 Å². The largest absolute Gasteiger partial charge is 0.497 e. The third-order valence-corrected chi connectivity index (χ3v) is 6.87. The number of alkyl halides is 1. The molecular weight excluding hydrogens is 481 g/mol. The van der Waals surface area contributed by atoms with Crippen molar-refractivity contribution < 1.29 is 18.7 Å². The molecule has 7 heteroatoms. The first-order chi connectivity index (χ1) is 18.5. The van der Waals surface area contributed by atoms with Crippen molar-refractivity contribution in [1.82, 2.24) is 14.5 Å². The quantitative estimate of drug-likeness (QED) is 0.278. The fraction of sp³-hybridized carbons (Fsp3) is 0.226. The summed E-state index contributed by atoms with van der Waals surface area (Å²) in [6.07, 6.45) is 6.01. The highest BCUT2D eigenvalue weighted by Crippen LogP contribution is 2.39.